The lowest BCUT2D eigenvalue weighted by Crippen LogP contribution is -1.98. The molecule has 0 amide bonds. The minimum Gasteiger partial charge on any atom is -0.266 e. The van der Waals surface area contributed by atoms with Gasteiger partial charge in [-0.1, -0.05) is 0 Å². The topological polar surface area (TPSA) is 17.8 Å². The van der Waals surface area contributed by atoms with E-state index in [1.807, 2.05) is 0 Å². The molecule has 1 fully saturated rings. The predicted molar refractivity (Wildman–Crippen MR) is 44.7 cm³/mol. The summed E-state index contributed by atoms with van der Waals surface area (Å²) >= 11 is 0. The molecule has 0 bridgehead atoms. The number of aromatic nitrogens is 2. The van der Waals surface area contributed by atoms with Gasteiger partial charge in [0.2, 0.25) is 0 Å². The standard InChI is InChI=1S/C9H14N2/c1-6-7(2)10-11(8(6)3)9-4-5-9/h9H,4-5H2,1-3H3. The average molecular weight is 150 g/mol. The minimum atomic E-state index is 0.724. The highest BCUT2D eigenvalue weighted by atomic mass is 15.3. The Morgan fingerprint density at radius 3 is 2.27 bits per heavy atom. The summed E-state index contributed by atoms with van der Waals surface area (Å²) in [6, 6.07) is 0.724. The zero-order valence-electron chi connectivity index (χ0n) is 7.39. The summed E-state index contributed by atoms with van der Waals surface area (Å²) in [6.07, 6.45) is 2.64. The van der Waals surface area contributed by atoms with Crippen molar-refractivity contribution in [2.75, 3.05) is 0 Å². The van der Waals surface area contributed by atoms with E-state index in [0.717, 1.165) is 6.04 Å². The molecule has 0 saturated heterocycles. The van der Waals surface area contributed by atoms with Crippen LogP contribution in [-0.4, -0.2) is 9.78 Å². The molecule has 1 aliphatic carbocycles. The second kappa shape index (κ2) is 2.10. The molecule has 0 unspecified atom stereocenters. The van der Waals surface area contributed by atoms with Crippen LogP contribution in [0.2, 0.25) is 0 Å². The second-order valence-corrected chi connectivity index (χ2v) is 3.47. The lowest BCUT2D eigenvalue weighted by Gasteiger charge is -1.99. The van der Waals surface area contributed by atoms with Crippen molar-refractivity contribution in [3.63, 3.8) is 0 Å². The van der Waals surface area contributed by atoms with Crippen LogP contribution in [0, 0.1) is 20.8 Å². The van der Waals surface area contributed by atoms with Crippen molar-refractivity contribution in [3.05, 3.63) is 17.0 Å². The fourth-order valence-electron chi connectivity index (χ4n) is 1.42. The molecule has 1 heterocycles. The maximum atomic E-state index is 4.49. The fraction of sp³-hybridized carbons (Fsp3) is 0.667. The van der Waals surface area contributed by atoms with Crippen LogP contribution in [0.25, 0.3) is 0 Å². The largest absolute Gasteiger partial charge is 0.266 e. The summed E-state index contributed by atoms with van der Waals surface area (Å²) in [6.45, 7) is 6.39. The summed E-state index contributed by atoms with van der Waals surface area (Å²) in [5, 5.41) is 4.49. The molecule has 60 valence electrons. The quantitative estimate of drug-likeness (QED) is 0.599. The molecule has 1 saturated carbocycles. The second-order valence-electron chi connectivity index (χ2n) is 3.47. The van der Waals surface area contributed by atoms with E-state index < -0.39 is 0 Å². The lowest BCUT2D eigenvalue weighted by atomic mass is 10.2. The summed E-state index contributed by atoms with van der Waals surface area (Å²) in [5.74, 6) is 0. The van der Waals surface area contributed by atoms with E-state index in [4.69, 9.17) is 0 Å². The van der Waals surface area contributed by atoms with Crippen LogP contribution >= 0.6 is 0 Å². The van der Waals surface area contributed by atoms with Crippen LogP contribution in [0.15, 0.2) is 0 Å². The van der Waals surface area contributed by atoms with E-state index in [9.17, 15) is 0 Å². The van der Waals surface area contributed by atoms with Crippen molar-refractivity contribution >= 4 is 0 Å². The predicted octanol–water partition coefficient (Wildman–Crippen LogP) is 2.14. The van der Waals surface area contributed by atoms with Crippen LogP contribution in [0.3, 0.4) is 0 Å². The Bertz CT molecular complexity index is 282. The maximum absolute atomic E-state index is 4.49. The van der Waals surface area contributed by atoms with Gasteiger partial charge in [0.25, 0.3) is 0 Å². The Morgan fingerprint density at radius 1 is 1.27 bits per heavy atom. The molecule has 1 aromatic heterocycles. The van der Waals surface area contributed by atoms with E-state index >= 15 is 0 Å². The Hall–Kier alpha value is -0.790. The van der Waals surface area contributed by atoms with Gasteiger partial charge >= 0.3 is 0 Å². The minimum absolute atomic E-state index is 0.724. The normalized spacial score (nSPS) is 17.4. The molecule has 11 heavy (non-hydrogen) atoms. The highest BCUT2D eigenvalue weighted by Crippen LogP contribution is 2.36. The van der Waals surface area contributed by atoms with Crippen LogP contribution in [-0.2, 0) is 0 Å². The van der Waals surface area contributed by atoms with Gasteiger partial charge in [-0.25, -0.2) is 0 Å². The maximum Gasteiger partial charge on any atom is 0.0625 e. The zero-order chi connectivity index (χ0) is 8.01. The van der Waals surface area contributed by atoms with Gasteiger partial charge in [0, 0.05) is 5.69 Å². The van der Waals surface area contributed by atoms with Crippen molar-refractivity contribution in [3.8, 4) is 0 Å². The van der Waals surface area contributed by atoms with Gasteiger partial charge in [-0.05, 0) is 39.2 Å². The van der Waals surface area contributed by atoms with Crippen molar-refractivity contribution in [2.24, 2.45) is 0 Å². The Balaban J connectivity index is 2.46. The third-order valence-electron chi connectivity index (χ3n) is 2.58. The molecule has 2 rings (SSSR count). The molecular formula is C9H14N2. The molecule has 0 N–H and O–H groups in total. The van der Waals surface area contributed by atoms with Crippen LogP contribution in [0.5, 0.6) is 0 Å². The van der Waals surface area contributed by atoms with Crippen LogP contribution in [0.1, 0.15) is 35.8 Å². The summed E-state index contributed by atoms with van der Waals surface area (Å²) in [7, 11) is 0. The fourth-order valence-corrected chi connectivity index (χ4v) is 1.42. The highest BCUT2D eigenvalue weighted by molar-refractivity contribution is 5.23. The molecule has 1 aliphatic rings. The average Bonchev–Trinajstić information content (AvgIpc) is 2.76. The van der Waals surface area contributed by atoms with E-state index in [0.29, 0.717) is 0 Å². The molecular weight excluding hydrogens is 136 g/mol. The summed E-state index contributed by atoms with van der Waals surface area (Å²) in [4.78, 5) is 0. The summed E-state index contributed by atoms with van der Waals surface area (Å²) in [5.41, 5.74) is 3.90. The van der Waals surface area contributed by atoms with Crippen LogP contribution < -0.4 is 0 Å². The van der Waals surface area contributed by atoms with Gasteiger partial charge in [0.05, 0.1) is 11.7 Å². The number of rotatable bonds is 1. The first-order chi connectivity index (χ1) is 5.20. The van der Waals surface area contributed by atoms with Crippen molar-refractivity contribution < 1.29 is 0 Å². The summed E-state index contributed by atoms with van der Waals surface area (Å²) < 4.78 is 2.19. The van der Waals surface area contributed by atoms with Gasteiger partial charge < -0.3 is 0 Å². The van der Waals surface area contributed by atoms with Crippen molar-refractivity contribution in [2.45, 2.75) is 39.7 Å². The molecule has 0 atom stereocenters. The smallest absolute Gasteiger partial charge is 0.0625 e. The molecule has 0 radical (unpaired) electrons. The van der Waals surface area contributed by atoms with E-state index in [-0.39, 0.29) is 0 Å². The lowest BCUT2D eigenvalue weighted by molar-refractivity contribution is 0.616. The van der Waals surface area contributed by atoms with Gasteiger partial charge in [-0.2, -0.15) is 5.10 Å². The Kier molecular flexibility index (Phi) is 1.31. The first-order valence-corrected chi connectivity index (χ1v) is 4.22. The number of hydrogen-bond donors (Lipinski definition) is 0. The van der Waals surface area contributed by atoms with Gasteiger partial charge in [-0.15, -0.1) is 0 Å². The molecule has 1 aromatic rings. The molecule has 2 heteroatoms. The Labute approximate surface area is 67.2 Å². The monoisotopic (exact) mass is 150 g/mol. The third kappa shape index (κ3) is 0.971. The first-order valence-electron chi connectivity index (χ1n) is 4.22. The SMILES string of the molecule is Cc1nn(C2CC2)c(C)c1C. The van der Waals surface area contributed by atoms with Gasteiger partial charge in [0.15, 0.2) is 0 Å². The molecule has 0 spiro atoms. The zero-order valence-corrected chi connectivity index (χ0v) is 7.39. The van der Waals surface area contributed by atoms with Gasteiger partial charge in [-0.3, -0.25) is 4.68 Å². The highest BCUT2D eigenvalue weighted by Gasteiger charge is 2.26. The molecule has 0 aliphatic heterocycles. The number of nitrogens with zero attached hydrogens (tertiary/aromatic N) is 2. The third-order valence-corrected chi connectivity index (χ3v) is 2.58. The van der Waals surface area contributed by atoms with Gasteiger partial charge in [0.1, 0.15) is 0 Å². The number of aryl methyl sites for hydroxylation is 1. The molecule has 0 aromatic carbocycles. The van der Waals surface area contributed by atoms with Crippen molar-refractivity contribution in [1.29, 1.82) is 0 Å². The van der Waals surface area contributed by atoms with E-state index in [1.165, 1.54) is 29.8 Å². The van der Waals surface area contributed by atoms with E-state index in [1.54, 1.807) is 0 Å². The van der Waals surface area contributed by atoms with Crippen molar-refractivity contribution in [1.82, 2.24) is 9.78 Å². The van der Waals surface area contributed by atoms with E-state index in [2.05, 4.69) is 30.6 Å². The molecule has 2 nitrogen and oxygen atoms in total. The first kappa shape index (κ1) is 6.89. The Morgan fingerprint density at radius 2 is 1.91 bits per heavy atom. The number of hydrogen-bond acceptors (Lipinski definition) is 1. The van der Waals surface area contributed by atoms with Crippen LogP contribution in [0.4, 0.5) is 0 Å².